The van der Waals surface area contributed by atoms with Crippen molar-refractivity contribution in [1.29, 1.82) is 5.26 Å². The fourth-order valence-electron chi connectivity index (χ4n) is 2.72. The van der Waals surface area contributed by atoms with E-state index in [1.165, 1.54) is 12.1 Å². The highest BCUT2D eigenvalue weighted by atomic mass is 19.1. The van der Waals surface area contributed by atoms with Gasteiger partial charge in [0.2, 0.25) is 0 Å². The fourth-order valence-corrected chi connectivity index (χ4v) is 2.72. The van der Waals surface area contributed by atoms with E-state index in [9.17, 15) is 4.39 Å². The quantitative estimate of drug-likeness (QED) is 0.838. The van der Waals surface area contributed by atoms with Crippen LogP contribution in [0.5, 0.6) is 0 Å². The second kappa shape index (κ2) is 6.03. The number of piperidine rings is 1. The maximum atomic E-state index is 13.2. The lowest BCUT2D eigenvalue weighted by Crippen LogP contribution is -2.43. The van der Waals surface area contributed by atoms with Crippen molar-refractivity contribution in [2.24, 2.45) is 0 Å². The number of anilines is 1. The van der Waals surface area contributed by atoms with Crippen LogP contribution < -0.4 is 4.90 Å². The van der Waals surface area contributed by atoms with Crippen LogP contribution in [-0.2, 0) is 0 Å². The molecule has 2 rings (SSSR count). The zero-order chi connectivity index (χ0) is 13.8. The highest BCUT2D eigenvalue weighted by Gasteiger charge is 2.23. The summed E-state index contributed by atoms with van der Waals surface area (Å²) in [7, 11) is 2.00. The van der Waals surface area contributed by atoms with Crippen LogP contribution in [0.3, 0.4) is 0 Å². The Morgan fingerprint density at radius 3 is 2.68 bits per heavy atom. The molecule has 0 N–H and O–H groups in total. The molecule has 1 aliphatic heterocycles. The van der Waals surface area contributed by atoms with Gasteiger partial charge in [-0.2, -0.15) is 5.26 Å². The number of halogens is 1. The van der Waals surface area contributed by atoms with E-state index in [2.05, 4.69) is 22.8 Å². The van der Waals surface area contributed by atoms with Crippen molar-refractivity contribution >= 4 is 5.69 Å². The van der Waals surface area contributed by atoms with Gasteiger partial charge in [0.25, 0.3) is 0 Å². The molecule has 0 spiro atoms. The van der Waals surface area contributed by atoms with E-state index in [0.717, 1.165) is 38.2 Å². The summed E-state index contributed by atoms with van der Waals surface area (Å²) in [5.74, 6) is -0.352. The number of benzene rings is 1. The number of hydrogen-bond acceptors (Lipinski definition) is 3. The zero-order valence-electron chi connectivity index (χ0n) is 11.6. The van der Waals surface area contributed by atoms with Gasteiger partial charge >= 0.3 is 0 Å². The van der Waals surface area contributed by atoms with E-state index in [1.807, 2.05) is 7.05 Å². The summed E-state index contributed by atoms with van der Waals surface area (Å²) in [4.78, 5) is 4.56. The molecule has 0 atom stereocenters. The second-order valence-electron chi connectivity index (χ2n) is 5.05. The van der Waals surface area contributed by atoms with Crippen LogP contribution in [-0.4, -0.2) is 37.6 Å². The first-order valence-corrected chi connectivity index (χ1v) is 6.80. The van der Waals surface area contributed by atoms with Gasteiger partial charge in [-0.25, -0.2) is 4.39 Å². The lowest BCUT2D eigenvalue weighted by atomic mass is 10.0. The number of nitrogens with zero attached hydrogens (tertiary/aromatic N) is 3. The van der Waals surface area contributed by atoms with Gasteiger partial charge in [0, 0.05) is 26.2 Å². The Morgan fingerprint density at radius 1 is 1.42 bits per heavy atom. The van der Waals surface area contributed by atoms with E-state index < -0.39 is 0 Å². The predicted molar refractivity (Wildman–Crippen MR) is 74.7 cm³/mol. The predicted octanol–water partition coefficient (Wildman–Crippen LogP) is 2.62. The zero-order valence-corrected chi connectivity index (χ0v) is 11.6. The molecule has 3 nitrogen and oxygen atoms in total. The first kappa shape index (κ1) is 13.8. The van der Waals surface area contributed by atoms with Crippen LogP contribution in [0.1, 0.15) is 25.3 Å². The first-order valence-electron chi connectivity index (χ1n) is 6.80. The van der Waals surface area contributed by atoms with Crippen molar-refractivity contribution in [2.75, 3.05) is 31.6 Å². The Kier molecular flexibility index (Phi) is 4.39. The lowest BCUT2D eigenvalue weighted by molar-refractivity contribution is 0.221. The topological polar surface area (TPSA) is 30.3 Å². The minimum absolute atomic E-state index is 0.352. The van der Waals surface area contributed by atoms with Crippen LogP contribution in [0, 0.1) is 17.1 Å². The molecule has 0 amide bonds. The van der Waals surface area contributed by atoms with E-state index in [0.29, 0.717) is 11.6 Å². The molecule has 1 fully saturated rings. The van der Waals surface area contributed by atoms with Gasteiger partial charge in [0.1, 0.15) is 11.9 Å². The minimum atomic E-state index is -0.352. The summed E-state index contributed by atoms with van der Waals surface area (Å²) >= 11 is 0. The summed E-state index contributed by atoms with van der Waals surface area (Å²) in [6.07, 6.45) is 2.18. The summed E-state index contributed by atoms with van der Waals surface area (Å²) in [5, 5.41) is 9.12. The number of likely N-dealkylation sites (tertiary alicyclic amines) is 1. The molecule has 1 aromatic rings. The molecule has 0 unspecified atom stereocenters. The van der Waals surface area contributed by atoms with Crippen molar-refractivity contribution in [3.05, 3.63) is 29.6 Å². The van der Waals surface area contributed by atoms with E-state index in [4.69, 9.17) is 5.26 Å². The van der Waals surface area contributed by atoms with Gasteiger partial charge < -0.3 is 9.80 Å². The van der Waals surface area contributed by atoms with Crippen LogP contribution in [0.15, 0.2) is 18.2 Å². The molecule has 1 heterocycles. The first-order chi connectivity index (χ1) is 9.15. The molecule has 0 bridgehead atoms. The standard InChI is InChI=1S/C15H20FN3/c1-3-19-8-6-14(7-9-19)18(2)15-5-4-13(16)10-12(15)11-17/h4-5,10,14H,3,6-9H2,1-2H3. The van der Waals surface area contributed by atoms with E-state index in [-0.39, 0.29) is 5.82 Å². The highest BCUT2D eigenvalue weighted by molar-refractivity contribution is 5.59. The Bertz CT molecular complexity index is 473. The number of nitriles is 1. The third-order valence-corrected chi connectivity index (χ3v) is 4.01. The smallest absolute Gasteiger partial charge is 0.124 e. The Morgan fingerprint density at radius 2 is 2.11 bits per heavy atom. The fraction of sp³-hybridized carbons (Fsp3) is 0.533. The maximum absolute atomic E-state index is 13.2. The van der Waals surface area contributed by atoms with Crippen molar-refractivity contribution in [1.82, 2.24) is 4.90 Å². The summed E-state index contributed by atoms with van der Waals surface area (Å²) in [6, 6.07) is 6.96. The van der Waals surface area contributed by atoms with Gasteiger partial charge in [0.05, 0.1) is 11.3 Å². The minimum Gasteiger partial charge on any atom is -0.370 e. The Balaban J connectivity index is 2.12. The lowest BCUT2D eigenvalue weighted by Gasteiger charge is -2.37. The molecule has 1 saturated heterocycles. The summed E-state index contributed by atoms with van der Waals surface area (Å²) in [6.45, 7) is 5.46. The average Bonchev–Trinajstić information content (AvgIpc) is 2.46. The normalized spacial score (nSPS) is 17.2. The third kappa shape index (κ3) is 3.05. The molecule has 0 aromatic heterocycles. The van der Waals surface area contributed by atoms with Gasteiger partial charge in [-0.05, 0) is 37.6 Å². The molecule has 4 heteroatoms. The molecular formula is C15H20FN3. The van der Waals surface area contributed by atoms with E-state index >= 15 is 0 Å². The summed E-state index contributed by atoms with van der Waals surface area (Å²) < 4.78 is 13.2. The molecule has 0 saturated carbocycles. The second-order valence-corrected chi connectivity index (χ2v) is 5.05. The molecule has 0 aliphatic carbocycles. The van der Waals surface area contributed by atoms with Crippen molar-refractivity contribution in [3.8, 4) is 6.07 Å². The SMILES string of the molecule is CCN1CCC(N(C)c2ccc(F)cc2C#N)CC1. The molecule has 19 heavy (non-hydrogen) atoms. The van der Waals surface area contributed by atoms with Crippen molar-refractivity contribution in [3.63, 3.8) is 0 Å². The maximum Gasteiger partial charge on any atom is 0.124 e. The van der Waals surface area contributed by atoms with Crippen LogP contribution >= 0.6 is 0 Å². The number of hydrogen-bond donors (Lipinski definition) is 0. The van der Waals surface area contributed by atoms with Crippen LogP contribution in [0.4, 0.5) is 10.1 Å². The van der Waals surface area contributed by atoms with Gasteiger partial charge in [0.15, 0.2) is 0 Å². The van der Waals surface area contributed by atoms with Crippen LogP contribution in [0.25, 0.3) is 0 Å². The molecule has 1 aromatic carbocycles. The van der Waals surface area contributed by atoms with Gasteiger partial charge in [-0.3, -0.25) is 0 Å². The average molecular weight is 261 g/mol. The molecular weight excluding hydrogens is 241 g/mol. The molecule has 1 aliphatic rings. The van der Waals surface area contributed by atoms with Crippen LogP contribution in [0.2, 0.25) is 0 Å². The third-order valence-electron chi connectivity index (χ3n) is 4.01. The largest absolute Gasteiger partial charge is 0.370 e. The molecule has 0 radical (unpaired) electrons. The Hall–Kier alpha value is -1.60. The van der Waals surface area contributed by atoms with E-state index in [1.54, 1.807) is 6.07 Å². The number of rotatable bonds is 3. The molecule has 102 valence electrons. The van der Waals surface area contributed by atoms with Crippen molar-refractivity contribution in [2.45, 2.75) is 25.8 Å². The van der Waals surface area contributed by atoms with Gasteiger partial charge in [-0.15, -0.1) is 0 Å². The highest BCUT2D eigenvalue weighted by Crippen LogP contribution is 2.25. The Labute approximate surface area is 114 Å². The van der Waals surface area contributed by atoms with Gasteiger partial charge in [-0.1, -0.05) is 6.92 Å². The van der Waals surface area contributed by atoms with Crippen molar-refractivity contribution < 1.29 is 4.39 Å². The summed E-state index contributed by atoms with van der Waals surface area (Å²) in [5.41, 5.74) is 1.25. The monoisotopic (exact) mass is 261 g/mol.